The van der Waals surface area contributed by atoms with Gasteiger partial charge in [0.25, 0.3) is 0 Å². The Morgan fingerprint density at radius 1 is 1.21 bits per heavy atom. The van der Waals surface area contributed by atoms with Crippen molar-refractivity contribution in [2.45, 2.75) is 26.1 Å². The molecule has 1 aliphatic carbocycles. The Morgan fingerprint density at radius 2 is 1.83 bits per heavy atom. The predicted octanol–water partition coefficient (Wildman–Crippen LogP) is 3.58. The van der Waals surface area contributed by atoms with Crippen molar-refractivity contribution in [2.24, 2.45) is 11.8 Å². The van der Waals surface area contributed by atoms with Crippen molar-refractivity contribution < 1.29 is 32.6 Å². The highest BCUT2D eigenvalue weighted by Gasteiger charge is 2.35. The van der Waals surface area contributed by atoms with Gasteiger partial charge in [-0.2, -0.15) is 0 Å². The number of halogens is 3. The maximum Gasteiger partial charge on any atom is 0.573 e. The molecule has 1 aromatic carbocycles. The third kappa shape index (κ3) is 4.74. The van der Waals surface area contributed by atoms with Crippen molar-refractivity contribution in [1.29, 1.82) is 0 Å². The van der Waals surface area contributed by atoms with Gasteiger partial charge in [-0.3, -0.25) is 9.59 Å². The summed E-state index contributed by atoms with van der Waals surface area (Å²) >= 11 is 0. The Kier molecular flexibility index (Phi) is 5.16. The van der Waals surface area contributed by atoms with Crippen molar-refractivity contribution in [2.75, 3.05) is 5.32 Å². The molecule has 2 atom stereocenters. The summed E-state index contributed by atoms with van der Waals surface area (Å²) in [5.41, 5.74) is 1.20. The van der Waals surface area contributed by atoms with E-state index in [1.54, 1.807) is 6.08 Å². The number of hydrogen-bond donors (Lipinski definition) is 2. The molecule has 0 unspecified atom stereocenters. The fraction of sp³-hybridized carbons (Fsp3) is 0.375. The molecule has 24 heavy (non-hydrogen) atoms. The van der Waals surface area contributed by atoms with Gasteiger partial charge in [-0.1, -0.05) is 11.6 Å². The second-order valence-electron chi connectivity index (χ2n) is 5.60. The number of carbonyl (C=O) groups is 2. The van der Waals surface area contributed by atoms with Crippen LogP contribution in [-0.2, 0) is 9.59 Å². The SMILES string of the molecule is CC1=CC[C@H](C(=O)O)[C@H](C(=O)Nc2ccc(OC(F)(F)F)cc2)C1. The van der Waals surface area contributed by atoms with Crippen LogP contribution in [0.2, 0.25) is 0 Å². The molecular formula is C16H16F3NO4. The zero-order valence-electron chi connectivity index (χ0n) is 12.8. The third-order valence-corrected chi connectivity index (χ3v) is 3.76. The Balaban J connectivity index is 2.05. The van der Waals surface area contributed by atoms with E-state index in [9.17, 15) is 27.9 Å². The molecular weight excluding hydrogens is 327 g/mol. The number of hydrogen-bond acceptors (Lipinski definition) is 3. The van der Waals surface area contributed by atoms with E-state index < -0.39 is 35.8 Å². The lowest BCUT2D eigenvalue weighted by molar-refractivity contribution is -0.274. The lowest BCUT2D eigenvalue weighted by atomic mass is 9.79. The van der Waals surface area contributed by atoms with Gasteiger partial charge in [-0.05, 0) is 44.0 Å². The average molecular weight is 343 g/mol. The molecule has 2 rings (SSSR count). The van der Waals surface area contributed by atoms with E-state index in [0.717, 1.165) is 17.7 Å². The minimum Gasteiger partial charge on any atom is -0.481 e. The van der Waals surface area contributed by atoms with Gasteiger partial charge in [-0.15, -0.1) is 13.2 Å². The first-order chi connectivity index (χ1) is 11.2. The number of carbonyl (C=O) groups excluding carboxylic acids is 1. The minimum atomic E-state index is -4.79. The van der Waals surface area contributed by atoms with Gasteiger partial charge in [0, 0.05) is 5.69 Å². The van der Waals surface area contributed by atoms with Crippen LogP contribution in [0.4, 0.5) is 18.9 Å². The van der Waals surface area contributed by atoms with Crippen molar-refractivity contribution in [3.8, 4) is 5.75 Å². The minimum absolute atomic E-state index is 0.269. The van der Waals surface area contributed by atoms with Crippen molar-refractivity contribution in [3.63, 3.8) is 0 Å². The standard InChI is InChI=1S/C16H16F3NO4/c1-9-2-7-12(15(22)23)13(8-9)14(21)20-10-3-5-11(6-4-10)24-16(17,18)19/h2-6,12-13H,7-8H2,1H3,(H,20,21)(H,22,23)/t12-,13+/m0/s1. The van der Waals surface area contributed by atoms with E-state index in [4.69, 9.17) is 0 Å². The molecule has 0 spiro atoms. The van der Waals surface area contributed by atoms with E-state index in [-0.39, 0.29) is 12.1 Å². The van der Waals surface area contributed by atoms with E-state index >= 15 is 0 Å². The molecule has 0 saturated carbocycles. The number of ether oxygens (including phenoxy) is 1. The zero-order chi connectivity index (χ0) is 17.9. The Morgan fingerprint density at radius 3 is 2.38 bits per heavy atom. The second-order valence-corrected chi connectivity index (χ2v) is 5.60. The van der Waals surface area contributed by atoms with Crippen LogP contribution in [0.15, 0.2) is 35.9 Å². The van der Waals surface area contributed by atoms with Gasteiger partial charge in [0.05, 0.1) is 11.8 Å². The topological polar surface area (TPSA) is 75.6 Å². The maximum absolute atomic E-state index is 12.3. The maximum atomic E-state index is 12.3. The van der Waals surface area contributed by atoms with Crippen molar-refractivity contribution in [1.82, 2.24) is 0 Å². The zero-order valence-corrected chi connectivity index (χ0v) is 12.8. The summed E-state index contributed by atoms with van der Waals surface area (Å²) in [4.78, 5) is 23.6. The predicted molar refractivity (Wildman–Crippen MR) is 79.4 cm³/mol. The summed E-state index contributed by atoms with van der Waals surface area (Å²) in [5, 5.41) is 11.8. The largest absolute Gasteiger partial charge is 0.573 e. The van der Waals surface area contributed by atoms with Gasteiger partial charge < -0.3 is 15.2 Å². The molecule has 0 fully saturated rings. The second kappa shape index (κ2) is 6.94. The van der Waals surface area contributed by atoms with Gasteiger partial charge in [0.2, 0.25) is 5.91 Å². The normalized spacial score (nSPS) is 20.9. The number of carboxylic acid groups (broad SMARTS) is 1. The Bertz CT molecular complexity index is 652. The molecule has 2 N–H and O–H groups in total. The molecule has 0 heterocycles. The monoisotopic (exact) mass is 343 g/mol. The number of benzene rings is 1. The lowest BCUT2D eigenvalue weighted by Crippen LogP contribution is -2.35. The molecule has 130 valence electrons. The Labute approximate surface area is 136 Å². The van der Waals surface area contributed by atoms with Crippen LogP contribution in [0, 0.1) is 11.8 Å². The van der Waals surface area contributed by atoms with E-state index in [1.165, 1.54) is 12.1 Å². The fourth-order valence-corrected chi connectivity index (χ4v) is 2.59. The van der Waals surface area contributed by atoms with E-state index in [1.807, 2.05) is 6.92 Å². The smallest absolute Gasteiger partial charge is 0.481 e. The number of alkyl halides is 3. The van der Waals surface area contributed by atoms with E-state index in [2.05, 4.69) is 10.1 Å². The van der Waals surface area contributed by atoms with Crippen LogP contribution >= 0.6 is 0 Å². The number of nitrogens with one attached hydrogen (secondary N) is 1. The third-order valence-electron chi connectivity index (χ3n) is 3.76. The summed E-state index contributed by atoms with van der Waals surface area (Å²) in [6.07, 6.45) is -2.38. The summed E-state index contributed by atoms with van der Waals surface area (Å²) in [6.45, 7) is 1.82. The molecule has 0 bridgehead atoms. The van der Waals surface area contributed by atoms with Crippen LogP contribution in [0.25, 0.3) is 0 Å². The molecule has 0 aliphatic heterocycles. The molecule has 1 aromatic rings. The molecule has 1 amide bonds. The Hall–Kier alpha value is -2.51. The molecule has 0 saturated heterocycles. The summed E-state index contributed by atoms with van der Waals surface area (Å²) < 4.78 is 40.0. The van der Waals surface area contributed by atoms with Crippen molar-refractivity contribution in [3.05, 3.63) is 35.9 Å². The number of aliphatic carboxylic acids is 1. The fourth-order valence-electron chi connectivity index (χ4n) is 2.59. The molecule has 8 heteroatoms. The quantitative estimate of drug-likeness (QED) is 0.820. The van der Waals surface area contributed by atoms with Crippen molar-refractivity contribution >= 4 is 17.6 Å². The van der Waals surface area contributed by atoms with Crippen LogP contribution in [0.3, 0.4) is 0 Å². The number of amides is 1. The first-order valence-electron chi connectivity index (χ1n) is 7.21. The van der Waals surface area contributed by atoms with Gasteiger partial charge in [0.1, 0.15) is 5.75 Å². The van der Waals surface area contributed by atoms with Crippen LogP contribution < -0.4 is 10.1 Å². The van der Waals surface area contributed by atoms with Crippen LogP contribution in [0.5, 0.6) is 5.75 Å². The number of carboxylic acids is 1. The lowest BCUT2D eigenvalue weighted by Gasteiger charge is -2.26. The molecule has 1 aliphatic rings. The highest BCUT2D eigenvalue weighted by Crippen LogP contribution is 2.31. The van der Waals surface area contributed by atoms with Gasteiger partial charge >= 0.3 is 12.3 Å². The highest BCUT2D eigenvalue weighted by molar-refractivity contribution is 5.95. The van der Waals surface area contributed by atoms with Gasteiger partial charge in [0.15, 0.2) is 0 Å². The first-order valence-corrected chi connectivity index (χ1v) is 7.21. The van der Waals surface area contributed by atoms with E-state index in [0.29, 0.717) is 6.42 Å². The molecule has 0 radical (unpaired) electrons. The van der Waals surface area contributed by atoms with Gasteiger partial charge in [-0.25, -0.2) is 0 Å². The summed E-state index contributed by atoms with van der Waals surface area (Å²) in [5.74, 6) is -3.47. The van der Waals surface area contributed by atoms with Crippen LogP contribution in [0.1, 0.15) is 19.8 Å². The number of rotatable bonds is 4. The molecule has 5 nitrogen and oxygen atoms in total. The number of allylic oxidation sites excluding steroid dienone is 2. The highest BCUT2D eigenvalue weighted by atomic mass is 19.4. The first kappa shape index (κ1) is 17.8. The average Bonchev–Trinajstić information content (AvgIpc) is 2.47. The number of anilines is 1. The summed E-state index contributed by atoms with van der Waals surface area (Å²) in [6, 6.07) is 4.67. The molecule has 0 aromatic heterocycles. The summed E-state index contributed by atoms with van der Waals surface area (Å²) in [7, 11) is 0. The van der Waals surface area contributed by atoms with Crippen LogP contribution in [-0.4, -0.2) is 23.3 Å².